The normalized spacial score (nSPS) is 13.3. The molecule has 1 amide bonds. The number of anilines is 1. The molecule has 5 aromatic rings. The van der Waals surface area contributed by atoms with Gasteiger partial charge in [0.15, 0.2) is 11.6 Å². The summed E-state index contributed by atoms with van der Waals surface area (Å²) in [5, 5.41) is 11.2. The van der Waals surface area contributed by atoms with Crippen LogP contribution in [-0.2, 0) is 12.8 Å². The Bertz CT molecular complexity index is 1600. The molecule has 6 rings (SSSR count). The number of hydrogen-bond acceptors (Lipinski definition) is 6. The van der Waals surface area contributed by atoms with E-state index in [4.69, 9.17) is 9.40 Å². The molecule has 0 spiro atoms. The van der Waals surface area contributed by atoms with Gasteiger partial charge < -0.3 is 9.52 Å². The van der Waals surface area contributed by atoms with Gasteiger partial charge in [0.25, 0.3) is 5.91 Å². The maximum atomic E-state index is 13.7. The molecule has 0 radical (unpaired) electrons. The Kier molecular flexibility index (Phi) is 5.50. The van der Waals surface area contributed by atoms with E-state index in [0.717, 1.165) is 27.6 Å². The van der Waals surface area contributed by atoms with Gasteiger partial charge in [-0.2, -0.15) is 4.98 Å². The number of fused-ring (bicyclic) bond motifs is 2. The lowest BCUT2D eigenvalue weighted by Gasteiger charge is -2.26. The van der Waals surface area contributed by atoms with Gasteiger partial charge in [0.2, 0.25) is 5.89 Å². The summed E-state index contributed by atoms with van der Waals surface area (Å²) in [7, 11) is 0. The first-order chi connectivity index (χ1) is 17.6. The Hall–Kier alpha value is -4.43. The van der Waals surface area contributed by atoms with Crippen molar-refractivity contribution in [1.82, 2.24) is 15.0 Å². The molecular weight excluding hydrogens is 459 g/mol. The molecule has 0 aliphatic carbocycles. The Balaban J connectivity index is 1.47. The van der Waals surface area contributed by atoms with E-state index in [9.17, 15) is 14.3 Å². The number of rotatable bonds is 5. The second kappa shape index (κ2) is 8.98. The van der Waals surface area contributed by atoms with Crippen molar-refractivity contribution >= 4 is 22.5 Å². The first-order valence-corrected chi connectivity index (χ1v) is 11.6. The second-order valence-corrected chi connectivity index (χ2v) is 8.56. The first kappa shape index (κ1) is 22.1. The molecule has 0 bridgehead atoms. The van der Waals surface area contributed by atoms with Crippen LogP contribution in [0, 0.1) is 5.82 Å². The first-order valence-electron chi connectivity index (χ1n) is 11.6. The number of hydrogen-bond donors (Lipinski definition) is 1. The molecule has 3 aromatic heterocycles. The fraction of sp³-hybridized carbons (Fsp3) is 0.143. The molecule has 1 aliphatic heterocycles. The molecular formula is C28H21FN4O3. The summed E-state index contributed by atoms with van der Waals surface area (Å²) in [6.07, 6.45) is 4.40. The van der Waals surface area contributed by atoms with Crippen LogP contribution in [0.25, 0.3) is 33.6 Å². The number of aromatic nitrogens is 3. The largest absolute Gasteiger partial charge is 0.434 e. The Labute approximate surface area is 205 Å². The van der Waals surface area contributed by atoms with Crippen molar-refractivity contribution in [2.45, 2.75) is 12.8 Å². The zero-order valence-corrected chi connectivity index (χ0v) is 19.2. The van der Waals surface area contributed by atoms with E-state index in [1.165, 1.54) is 12.1 Å². The minimum atomic E-state index is -0.367. The Morgan fingerprint density at radius 2 is 1.83 bits per heavy atom. The molecule has 178 valence electrons. The summed E-state index contributed by atoms with van der Waals surface area (Å²) in [5.41, 5.74) is 3.44. The number of aliphatic hydroxyl groups excluding tert-OH is 1. The van der Waals surface area contributed by atoms with Gasteiger partial charge in [0, 0.05) is 48.5 Å². The van der Waals surface area contributed by atoms with Crippen LogP contribution in [-0.4, -0.2) is 39.1 Å². The van der Waals surface area contributed by atoms with Crippen molar-refractivity contribution in [2.24, 2.45) is 0 Å². The predicted molar refractivity (Wildman–Crippen MR) is 133 cm³/mol. The highest BCUT2D eigenvalue weighted by Gasteiger charge is 2.32. The van der Waals surface area contributed by atoms with E-state index < -0.39 is 0 Å². The molecule has 0 saturated heterocycles. The van der Waals surface area contributed by atoms with Crippen LogP contribution in [0.4, 0.5) is 10.2 Å². The lowest BCUT2D eigenvalue weighted by molar-refractivity contribution is 0.0974. The average Bonchev–Trinajstić information content (AvgIpc) is 3.35. The van der Waals surface area contributed by atoms with Crippen molar-refractivity contribution < 1.29 is 18.7 Å². The zero-order valence-electron chi connectivity index (χ0n) is 19.2. The third-order valence-electron chi connectivity index (χ3n) is 6.36. The van der Waals surface area contributed by atoms with Gasteiger partial charge in [-0.25, -0.2) is 4.39 Å². The van der Waals surface area contributed by atoms with Gasteiger partial charge in [0.1, 0.15) is 11.5 Å². The molecule has 0 atom stereocenters. The van der Waals surface area contributed by atoms with Gasteiger partial charge >= 0.3 is 0 Å². The van der Waals surface area contributed by atoms with Crippen LogP contribution < -0.4 is 4.90 Å². The van der Waals surface area contributed by atoms with E-state index in [-0.39, 0.29) is 18.3 Å². The molecule has 8 heteroatoms. The number of carbonyl (C=O) groups is 1. The number of pyridine rings is 2. The Morgan fingerprint density at radius 3 is 2.67 bits per heavy atom. The smallest absolute Gasteiger partial charge is 0.278 e. The minimum Gasteiger partial charge on any atom is -0.434 e. The molecule has 0 saturated carbocycles. The lowest BCUT2D eigenvalue weighted by atomic mass is 10.0. The van der Waals surface area contributed by atoms with Crippen LogP contribution in [0.3, 0.4) is 0 Å². The van der Waals surface area contributed by atoms with E-state index >= 15 is 0 Å². The van der Waals surface area contributed by atoms with E-state index in [1.807, 2.05) is 36.4 Å². The van der Waals surface area contributed by atoms with Crippen LogP contribution in [0.2, 0.25) is 0 Å². The number of aliphatic hydroxyl groups is 1. The fourth-order valence-electron chi connectivity index (χ4n) is 4.58. The number of nitrogens with zero attached hydrogens (tertiary/aromatic N) is 4. The maximum absolute atomic E-state index is 13.7. The summed E-state index contributed by atoms with van der Waals surface area (Å²) in [6, 6.07) is 17.3. The van der Waals surface area contributed by atoms with Gasteiger partial charge in [-0.05, 0) is 65.9 Å². The molecule has 0 unspecified atom stereocenters. The second-order valence-electron chi connectivity index (χ2n) is 8.56. The lowest BCUT2D eigenvalue weighted by Crippen LogP contribution is -2.38. The number of amides is 1. The van der Waals surface area contributed by atoms with Crippen molar-refractivity contribution in [3.63, 3.8) is 0 Å². The number of benzene rings is 2. The fourth-order valence-corrected chi connectivity index (χ4v) is 4.58. The van der Waals surface area contributed by atoms with Crippen molar-refractivity contribution in [1.29, 1.82) is 0 Å². The topological polar surface area (TPSA) is 92.4 Å². The Morgan fingerprint density at radius 1 is 1.00 bits per heavy atom. The van der Waals surface area contributed by atoms with Crippen molar-refractivity contribution in [3.8, 4) is 22.8 Å². The maximum Gasteiger partial charge on any atom is 0.278 e. The molecule has 1 aliphatic rings. The third-order valence-corrected chi connectivity index (χ3v) is 6.36. The molecule has 0 fully saturated rings. The third kappa shape index (κ3) is 3.81. The quantitative estimate of drug-likeness (QED) is 0.387. The summed E-state index contributed by atoms with van der Waals surface area (Å²) >= 11 is 0. The number of halogens is 1. The van der Waals surface area contributed by atoms with Crippen molar-refractivity contribution in [3.05, 3.63) is 95.8 Å². The summed E-state index contributed by atoms with van der Waals surface area (Å²) in [5.74, 6) is 0.473. The van der Waals surface area contributed by atoms with Gasteiger partial charge in [0.05, 0.1) is 5.69 Å². The molecule has 1 N–H and O–H groups in total. The summed E-state index contributed by atoms with van der Waals surface area (Å²) < 4.78 is 19.9. The zero-order chi connectivity index (χ0) is 24.6. The van der Waals surface area contributed by atoms with Crippen LogP contribution >= 0.6 is 0 Å². The van der Waals surface area contributed by atoms with E-state index in [0.29, 0.717) is 48.1 Å². The van der Waals surface area contributed by atoms with Crippen LogP contribution in [0.1, 0.15) is 21.7 Å². The highest BCUT2D eigenvalue weighted by molar-refractivity contribution is 6.08. The highest BCUT2D eigenvalue weighted by atomic mass is 19.1. The van der Waals surface area contributed by atoms with Gasteiger partial charge in [-0.15, -0.1) is 0 Å². The van der Waals surface area contributed by atoms with E-state index in [1.54, 1.807) is 29.4 Å². The predicted octanol–water partition coefficient (Wildman–Crippen LogP) is 4.83. The van der Waals surface area contributed by atoms with Gasteiger partial charge in [-0.3, -0.25) is 19.7 Å². The van der Waals surface area contributed by atoms with Crippen LogP contribution in [0.5, 0.6) is 0 Å². The van der Waals surface area contributed by atoms with Gasteiger partial charge in [-0.1, -0.05) is 12.1 Å². The van der Waals surface area contributed by atoms with Crippen molar-refractivity contribution in [2.75, 3.05) is 18.1 Å². The minimum absolute atomic E-state index is 0.0137. The standard InChI is InChI=1S/C28H21FN4O3/c29-21-6-3-18(4-7-21)25-26(33-14-10-17-2-1-12-31-24(17)28(33)35)32-27(36-25)20-5-8-22-19(16-20)9-13-30-23(22)11-15-34/h1-9,12-13,16,34H,10-11,14-15H2. The molecule has 2 aromatic carbocycles. The molecule has 36 heavy (non-hydrogen) atoms. The summed E-state index contributed by atoms with van der Waals surface area (Å²) in [4.78, 5) is 28.4. The number of carbonyl (C=O) groups excluding carboxylic acids is 1. The SMILES string of the molecule is O=C1c2ncccc2CCN1c1nc(-c2ccc3c(CCO)nccc3c2)oc1-c1ccc(F)cc1. The summed E-state index contributed by atoms with van der Waals surface area (Å²) in [6.45, 7) is 0.436. The van der Waals surface area contributed by atoms with E-state index in [2.05, 4.69) is 9.97 Å². The number of oxazole rings is 1. The van der Waals surface area contributed by atoms with Crippen LogP contribution in [0.15, 0.2) is 77.5 Å². The molecule has 7 nitrogen and oxygen atoms in total. The average molecular weight is 480 g/mol. The molecule has 4 heterocycles. The highest BCUT2D eigenvalue weighted by Crippen LogP contribution is 2.38. The monoisotopic (exact) mass is 480 g/mol.